The number of benzene rings is 2. The van der Waals surface area contributed by atoms with E-state index >= 15 is 0 Å². The Kier molecular flexibility index (Phi) is 6.44. The van der Waals surface area contributed by atoms with Crippen LogP contribution in [0.2, 0.25) is 5.02 Å². The van der Waals surface area contributed by atoms with Gasteiger partial charge in [0.05, 0.1) is 6.54 Å². The number of carbonyl (C=O) groups is 1. The summed E-state index contributed by atoms with van der Waals surface area (Å²) in [7, 11) is 0. The second-order valence-electron chi connectivity index (χ2n) is 6.08. The van der Waals surface area contributed by atoms with Crippen LogP contribution in [0.25, 0.3) is 0 Å². The first-order chi connectivity index (χ1) is 13.2. The molecule has 5 heteroatoms. The molecule has 0 radical (unpaired) electrons. The Morgan fingerprint density at radius 1 is 1.00 bits per heavy atom. The lowest BCUT2D eigenvalue weighted by Gasteiger charge is -2.22. The van der Waals surface area contributed by atoms with Crippen LogP contribution >= 0.6 is 11.6 Å². The molecule has 0 N–H and O–H groups in total. The number of rotatable bonds is 7. The Labute approximate surface area is 164 Å². The average Bonchev–Trinajstić information content (AvgIpc) is 2.72. The van der Waals surface area contributed by atoms with Crippen molar-refractivity contribution in [1.82, 2.24) is 4.98 Å². The average molecular weight is 381 g/mol. The predicted molar refractivity (Wildman–Crippen MR) is 108 cm³/mol. The van der Waals surface area contributed by atoms with Gasteiger partial charge in [-0.15, -0.1) is 0 Å². The molecule has 0 saturated heterocycles. The van der Waals surface area contributed by atoms with E-state index in [1.54, 1.807) is 11.1 Å². The highest BCUT2D eigenvalue weighted by Gasteiger charge is 2.18. The van der Waals surface area contributed by atoms with Crippen molar-refractivity contribution in [3.63, 3.8) is 0 Å². The molecular formula is C22H21ClN2O2. The van der Waals surface area contributed by atoms with Gasteiger partial charge in [-0.25, -0.2) is 4.98 Å². The molecule has 1 amide bonds. The summed E-state index contributed by atoms with van der Waals surface area (Å²) in [5.74, 6) is 1.10. The minimum atomic E-state index is -0.164. The third kappa shape index (κ3) is 5.31. The van der Waals surface area contributed by atoms with Crippen molar-refractivity contribution in [3.8, 4) is 5.75 Å². The first kappa shape index (κ1) is 18.9. The molecule has 0 aliphatic heterocycles. The van der Waals surface area contributed by atoms with Crippen LogP contribution in [0.4, 0.5) is 5.82 Å². The molecule has 0 unspecified atom stereocenters. The van der Waals surface area contributed by atoms with Crippen molar-refractivity contribution in [3.05, 3.63) is 89.1 Å². The molecule has 0 bridgehead atoms. The Morgan fingerprint density at radius 2 is 1.70 bits per heavy atom. The van der Waals surface area contributed by atoms with Crippen LogP contribution in [-0.2, 0) is 17.8 Å². The molecule has 27 heavy (non-hydrogen) atoms. The van der Waals surface area contributed by atoms with Gasteiger partial charge in [0.2, 0.25) is 0 Å². The quantitative estimate of drug-likeness (QED) is 0.584. The maximum Gasteiger partial charge on any atom is 0.266 e. The van der Waals surface area contributed by atoms with E-state index in [1.807, 2.05) is 66.7 Å². The number of hydrogen-bond acceptors (Lipinski definition) is 3. The SMILES string of the molecule is CCc1ccc(OCC(=O)N(Cc2ccc(Cl)cc2)c2ccccn2)cc1. The molecule has 0 aliphatic carbocycles. The zero-order valence-corrected chi connectivity index (χ0v) is 15.9. The first-order valence-electron chi connectivity index (χ1n) is 8.83. The molecule has 0 fully saturated rings. The second kappa shape index (κ2) is 9.19. The van der Waals surface area contributed by atoms with Gasteiger partial charge in [0.15, 0.2) is 6.61 Å². The second-order valence-corrected chi connectivity index (χ2v) is 6.52. The summed E-state index contributed by atoms with van der Waals surface area (Å²) in [4.78, 5) is 18.8. The fraction of sp³-hybridized carbons (Fsp3) is 0.182. The van der Waals surface area contributed by atoms with Crippen LogP contribution < -0.4 is 9.64 Å². The molecule has 2 aromatic carbocycles. The number of hydrogen-bond donors (Lipinski definition) is 0. The number of pyridine rings is 1. The molecule has 0 saturated carbocycles. The predicted octanol–water partition coefficient (Wildman–Crippen LogP) is 4.91. The van der Waals surface area contributed by atoms with Crippen LogP contribution in [0.5, 0.6) is 5.75 Å². The molecule has 0 atom stereocenters. The fourth-order valence-electron chi connectivity index (χ4n) is 2.63. The number of anilines is 1. The molecule has 1 aromatic heterocycles. The summed E-state index contributed by atoms with van der Waals surface area (Å²) in [5, 5.41) is 0.660. The Morgan fingerprint density at radius 3 is 2.33 bits per heavy atom. The maximum absolute atomic E-state index is 12.8. The number of nitrogens with zero attached hydrogens (tertiary/aromatic N) is 2. The summed E-state index contributed by atoms with van der Waals surface area (Å²) in [5.41, 5.74) is 2.19. The lowest BCUT2D eigenvalue weighted by Crippen LogP contribution is -2.35. The third-order valence-electron chi connectivity index (χ3n) is 4.17. The largest absolute Gasteiger partial charge is 0.484 e. The van der Waals surface area contributed by atoms with Gasteiger partial charge in [0, 0.05) is 11.2 Å². The topological polar surface area (TPSA) is 42.4 Å². The van der Waals surface area contributed by atoms with Crippen molar-refractivity contribution in [2.45, 2.75) is 19.9 Å². The van der Waals surface area contributed by atoms with Gasteiger partial charge in [0.1, 0.15) is 11.6 Å². The summed E-state index contributed by atoms with van der Waals surface area (Å²) in [6.45, 7) is 2.43. The van der Waals surface area contributed by atoms with Gasteiger partial charge in [-0.1, -0.05) is 48.9 Å². The van der Waals surface area contributed by atoms with Gasteiger partial charge >= 0.3 is 0 Å². The number of aromatic nitrogens is 1. The molecule has 1 heterocycles. The van der Waals surface area contributed by atoms with E-state index in [-0.39, 0.29) is 12.5 Å². The Balaban J connectivity index is 1.72. The summed E-state index contributed by atoms with van der Waals surface area (Å²) >= 11 is 5.95. The van der Waals surface area contributed by atoms with Crippen molar-refractivity contribution in [2.24, 2.45) is 0 Å². The highest BCUT2D eigenvalue weighted by atomic mass is 35.5. The molecule has 0 spiro atoms. The lowest BCUT2D eigenvalue weighted by molar-refractivity contribution is -0.120. The summed E-state index contributed by atoms with van der Waals surface area (Å²) in [6, 6.07) is 20.7. The zero-order valence-electron chi connectivity index (χ0n) is 15.1. The molecule has 0 aliphatic rings. The third-order valence-corrected chi connectivity index (χ3v) is 4.43. The van der Waals surface area contributed by atoms with E-state index in [0.717, 1.165) is 12.0 Å². The number of aryl methyl sites for hydroxylation is 1. The van der Waals surface area contributed by atoms with Crippen LogP contribution in [-0.4, -0.2) is 17.5 Å². The highest BCUT2D eigenvalue weighted by molar-refractivity contribution is 6.30. The van der Waals surface area contributed by atoms with E-state index in [1.165, 1.54) is 5.56 Å². The van der Waals surface area contributed by atoms with Crippen LogP contribution in [0, 0.1) is 0 Å². The first-order valence-corrected chi connectivity index (χ1v) is 9.21. The van der Waals surface area contributed by atoms with Gasteiger partial charge < -0.3 is 4.74 Å². The maximum atomic E-state index is 12.8. The van der Waals surface area contributed by atoms with Crippen LogP contribution in [0.1, 0.15) is 18.1 Å². The van der Waals surface area contributed by atoms with Crippen LogP contribution in [0.15, 0.2) is 72.9 Å². The molecule has 4 nitrogen and oxygen atoms in total. The number of amides is 1. The number of halogens is 1. The number of carbonyl (C=O) groups excluding carboxylic acids is 1. The zero-order chi connectivity index (χ0) is 19.1. The van der Waals surface area contributed by atoms with Gasteiger partial charge in [-0.3, -0.25) is 9.69 Å². The van der Waals surface area contributed by atoms with Crippen molar-refractivity contribution < 1.29 is 9.53 Å². The Bertz CT molecular complexity index is 865. The van der Waals surface area contributed by atoms with Gasteiger partial charge in [0.25, 0.3) is 5.91 Å². The minimum Gasteiger partial charge on any atom is -0.484 e. The van der Waals surface area contributed by atoms with Crippen LogP contribution in [0.3, 0.4) is 0 Å². The molecule has 3 rings (SSSR count). The molecular weight excluding hydrogens is 360 g/mol. The van der Waals surface area contributed by atoms with Crippen molar-refractivity contribution in [1.29, 1.82) is 0 Å². The lowest BCUT2D eigenvalue weighted by atomic mass is 10.2. The van der Waals surface area contributed by atoms with Gasteiger partial charge in [-0.2, -0.15) is 0 Å². The van der Waals surface area contributed by atoms with E-state index in [9.17, 15) is 4.79 Å². The van der Waals surface area contributed by atoms with E-state index < -0.39 is 0 Å². The smallest absolute Gasteiger partial charge is 0.266 e. The van der Waals surface area contributed by atoms with Gasteiger partial charge in [-0.05, 0) is 53.9 Å². The molecule has 3 aromatic rings. The summed E-state index contributed by atoms with van der Waals surface area (Å²) < 4.78 is 5.69. The standard InChI is InChI=1S/C22H21ClN2O2/c1-2-17-8-12-20(13-9-17)27-16-22(26)25(21-5-3-4-14-24-21)15-18-6-10-19(23)11-7-18/h3-14H,2,15-16H2,1H3. The highest BCUT2D eigenvalue weighted by Crippen LogP contribution is 2.18. The summed E-state index contributed by atoms with van der Waals surface area (Å²) in [6.07, 6.45) is 2.63. The van der Waals surface area contributed by atoms with E-state index in [4.69, 9.17) is 16.3 Å². The Hall–Kier alpha value is -2.85. The fourth-order valence-corrected chi connectivity index (χ4v) is 2.75. The monoisotopic (exact) mass is 380 g/mol. The molecule has 138 valence electrons. The van der Waals surface area contributed by atoms with E-state index in [0.29, 0.717) is 23.1 Å². The number of ether oxygens (including phenoxy) is 1. The van der Waals surface area contributed by atoms with Crippen molar-refractivity contribution >= 4 is 23.3 Å². The normalized spacial score (nSPS) is 10.4. The minimum absolute atomic E-state index is 0.0599. The van der Waals surface area contributed by atoms with E-state index in [2.05, 4.69) is 11.9 Å². The van der Waals surface area contributed by atoms with Crippen molar-refractivity contribution in [2.75, 3.05) is 11.5 Å².